The Labute approximate surface area is 154 Å². The van der Waals surface area contributed by atoms with Crippen molar-refractivity contribution in [2.24, 2.45) is 11.7 Å². The number of anilines is 1. The molecule has 7 heteroatoms. The van der Waals surface area contributed by atoms with Crippen molar-refractivity contribution in [3.8, 4) is 10.7 Å². The van der Waals surface area contributed by atoms with Crippen molar-refractivity contribution in [2.75, 3.05) is 18.0 Å². The summed E-state index contributed by atoms with van der Waals surface area (Å²) in [5.74, 6) is 1.39. The van der Waals surface area contributed by atoms with Gasteiger partial charge >= 0.3 is 0 Å². The molecule has 3 aromatic heterocycles. The molecule has 1 atom stereocenters. The molecule has 3 aromatic rings. The maximum Gasteiger partial charge on any atom is 0.222 e. The third-order valence-corrected chi connectivity index (χ3v) is 6.84. The number of nitrogens with zero attached hydrogens (tertiary/aromatic N) is 3. The minimum atomic E-state index is -0.216. The van der Waals surface area contributed by atoms with Crippen LogP contribution in [0.25, 0.3) is 20.9 Å². The third-order valence-electron chi connectivity index (χ3n) is 4.87. The summed E-state index contributed by atoms with van der Waals surface area (Å²) in [7, 11) is 0. The first-order chi connectivity index (χ1) is 12.0. The highest BCUT2D eigenvalue weighted by molar-refractivity contribution is 7.19. The highest BCUT2D eigenvalue weighted by Crippen LogP contribution is 2.38. The smallest absolute Gasteiger partial charge is 0.222 e. The van der Waals surface area contributed by atoms with Crippen LogP contribution in [0.5, 0.6) is 0 Å². The molecule has 0 aromatic carbocycles. The Balaban J connectivity index is 1.87. The van der Waals surface area contributed by atoms with Crippen LogP contribution in [-0.2, 0) is 4.79 Å². The van der Waals surface area contributed by atoms with E-state index >= 15 is 0 Å². The summed E-state index contributed by atoms with van der Waals surface area (Å²) in [5.41, 5.74) is 6.80. The first-order valence-electron chi connectivity index (χ1n) is 8.40. The normalized spacial score (nSPS) is 18.0. The number of carbonyl (C=O) groups is 1. The van der Waals surface area contributed by atoms with Crippen molar-refractivity contribution in [1.29, 1.82) is 0 Å². The number of nitrogens with two attached hydrogens (primary N) is 1. The summed E-state index contributed by atoms with van der Waals surface area (Å²) in [4.78, 5) is 27.0. The van der Waals surface area contributed by atoms with E-state index in [1.54, 1.807) is 22.7 Å². The second-order valence-corrected chi connectivity index (χ2v) is 8.65. The molecule has 0 radical (unpaired) electrons. The lowest BCUT2D eigenvalue weighted by atomic mass is 9.97. The zero-order valence-electron chi connectivity index (χ0n) is 14.3. The van der Waals surface area contributed by atoms with Gasteiger partial charge in [0.2, 0.25) is 5.91 Å². The number of piperidine rings is 1. The van der Waals surface area contributed by atoms with E-state index in [0.29, 0.717) is 6.54 Å². The van der Waals surface area contributed by atoms with Gasteiger partial charge in [0.1, 0.15) is 10.6 Å². The van der Waals surface area contributed by atoms with Crippen LogP contribution in [0, 0.1) is 19.8 Å². The van der Waals surface area contributed by atoms with E-state index in [9.17, 15) is 4.79 Å². The summed E-state index contributed by atoms with van der Waals surface area (Å²) in [6.45, 7) is 5.79. The molecule has 1 fully saturated rings. The van der Waals surface area contributed by atoms with Gasteiger partial charge in [0.05, 0.1) is 16.2 Å². The van der Waals surface area contributed by atoms with Gasteiger partial charge in [-0.25, -0.2) is 9.97 Å². The zero-order chi connectivity index (χ0) is 17.6. The summed E-state index contributed by atoms with van der Waals surface area (Å²) in [6, 6.07) is 4.06. The number of fused-ring (bicyclic) bond motifs is 1. The second kappa shape index (κ2) is 6.38. The molecule has 0 bridgehead atoms. The van der Waals surface area contributed by atoms with Crippen molar-refractivity contribution >= 4 is 44.6 Å². The van der Waals surface area contributed by atoms with E-state index in [2.05, 4.69) is 18.7 Å². The Morgan fingerprint density at radius 1 is 1.36 bits per heavy atom. The Kier molecular flexibility index (Phi) is 4.21. The number of aryl methyl sites for hydroxylation is 2. The van der Waals surface area contributed by atoms with Crippen LogP contribution in [0.3, 0.4) is 0 Å². The fraction of sp³-hybridized carbons (Fsp3) is 0.389. The van der Waals surface area contributed by atoms with Crippen LogP contribution < -0.4 is 10.6 Å². The quantitative estimate of drug-likeness (QED) is 0.760. The average Bonchev–Trinajstić information content (AvgIpc) is 3.23. The number of thiophene rings is 2. The van der Waals surface area contributed by atoms with E-state index in [1.165, 1.54) is 10.4 Å². The molecule has 1 saturated heterocycles. The minimum Gasteiger partial charge on any atom is -0.369 e. The highest BCUT2D eigenvalue weighted by Gasteiger charge is 2.27. The molecule has 1 amide bonds. The molecule has 4 heterocycles. The lowest BCUT2D eigenvalue weighted by Gasteiger charge is -2.32. The molecule has 1 aliphatic heterocycles. The molecule has 0 spiro atoms. The predicted molar refractivity (Wildman–Crippen MR) is 104 cm³/mol. The van der Waals surface area contributed by atoms with Crippen LogP contribution in [0.2, 0.25) is 0 Å². The van der Waals surface area contributed by atoms with Gasteiger partial charge in [-0.05, 0) is 43.7 Å². The van der Waals surface area contributed by atoms with Crippen LogP contribution in [0.15, 0.2) is 17.5 Å². The average molecular weight is 373 g/mol. The maximum absolute atomic E-state index is 11.7. The van der Waals surface area contributed by atoms with Crippen molar-refractivity contribution in [3.05, 3.63) is 28.0 Å². The summed E-state index contributed by atoms with van der Waals surface area (Å²) < 4.78 is 0. The van der Waals surface area contributed by atoms with Gasteiger partial charge in [-0.2, -0.15) is 0 Å². The summed E-state index contributed by atoms with van der Waals surface area (Å²) >= 11 is 3.35. The Bertz CT molecular complexity index is 932. The van der Waals surface area contributed by atoms with Crippen molar-refractivity contribution < 1.29 is 4.79 Å². The lowest BCUT2D eigenvalue weighted by molar-refractivity contribution is -0.122. The second-order valence-electron chi connectivity index (χ2n) is 6.50. The highest BCUT2D eigenvalue weighted by atomic mass is 32.1. The Morgan fingerprint density at radius 3 is 2.92 bits per heavy atom. The standard InChI is InChI=1S/C18H20N4OS2/c1-10-11(2)25-18-14(10)17(20-16(21-18)13-6-4-8-24-13)22-7-3-5-12(9-22)15(19)23/h4,6,8,12H,3,5,7,9H2,1-2H3,(H2,19,23). The zero-order valence-corrected chi connectivity index (χ0v) is 15.9. The van der Waals surface area contributed by atoms with Crippen molar-refractivity contribution in [1.82, 2.24) is 9.97 Å². The third kappa shape index (κ3) is 2.91. The number of rotatable bonds is 3. The van der Waals surface area contributed by atoms with E-state index in [1.807, 2.05) is 17.5 Å². The van der Waals surface area contributed by atoms with Gasteiger partial charge in [0, 0.05) is 18.0 Å². The molecule has 4 rings (SSSR count). The van der Waals surface area contributed by atoms with Crippen LogP contribution >= 0.6 is 22.7 Å². The number of hydrogen-bond donors (Lipinski definition) is 1. The predicted octanol–water partition coefficient (Wildman–Crippen LogP) is 3.74. The van der Waals surface area contributed by atoms with Gasteiger partial charge in [-0.3, -0.25) is 4.79 Å². The fourth-order valence-corrected chi connectivity index (χ4v) is 5.06. The van der Waals surface area contributed by atoms with E-state index in [-0.39, 0.29) is 11.8 Å². The summed E-state index contributed by atoms with van der Waals surface area (Å²) in [6.07, 6.45) is 1.81. The van der Waals surface area contributed by atoms with Gasteiger partial charge < -0.3 is 10.6 Å². The number of amides is 1. The van der Waals surface area contributed by atoms with Gasteiger partial charge in [0.25, 0.3) is 0 Å². The minimum absolute atomic E-state index is 0.107. The SMILES string of the molecule is Cc1sc2nc(-c3cccs3)nc(N3CCCC(C(N)=O)C3)c2c1C. The van der Waals surface area contributed by atoms with Crippen molar-refractivity contribution in [2.45, 2.75) is 26.7 Å². The van der Waals surface area contributed by atoms with Crippen LogP contribution in [0.1, 0.15) is 23.3 Å². The number of hydrogen-bond acceptors (Lipinski definition) is 6. The molecule has 25 heavy (non-hydrogen) atoms. The molecule has 5 nitrogen and oxygen atoms in total. The molecular weight excluding hydrogens is 352 g/mol. The van der Waals surface area contributed by atoms with Crippen LogP contribution in [0.4, 0.5) is 5.82 Å². The van der Waals surface area contributed by atoms with Gasteiger partial charge in [-0.1, -0.05) is 6.07 Å². The largest absolute Gasteiger partial charge is 0.369 e. The fourth-order valence-electron chi connectivity index (χ4n) is 3.38. The molecule has 130 valence electrons. The Hall–Kier alpha value is -1.99. The first kappa shape index (κ1) is 16.5. The molecule has 0 aliphatic carbocycles. The molecule has 2 N–H and O–H groups in total. The molecular formula is C18H20N4OS2. The van der Waals surface area contributed by atoms with E-state index in [0.717, 1.165) is 46.1 Å². The lowest BCUT2D eigenvalue weighted by Crippen LogP contribution is -2.41. The molecule has 1 unspecified atom stereocenters. The maximum atomic E-state index is 11.7. The summed E-state index contributed by atoms with van der Waals surface area (Å²) in [5, 5.41) is 3.16. The number of aromatic nitrogens is 2. The Morgan fingerprint density at radius 2 is 2.20 bits per heavy atom. The van der Waals surface area contributed by atoms with Crippen LogP contribution in [-0.4, -0.2) is 29.0 Å². The van der Waals surface area contributed by atoms with Crippen molar-refractivity contribution in [3.63, 3.8) is 0 Å². The van der Waals surface area contributed by atoms with Gasteiger partial charge in [0.15, 0.2) is 5.82 Å². The monoisotopic (exact) mass is 372 g/mol. The first-order valence-corrected chi connectivity index (χ1v) is 10.1. The number of carbonyl (C=O) groups excluding carboxylic acids is 1. The number of primary amides is 1. The topological polar surface area (TPSA) is 72.1 Å². The van der Waals surface area contributed by atoms with E-state index in [4.69, 9.17) is 15.7 Å². The van der Waals surface area contributed by atoms with Gasteiger partial charge in [-0.15, -0.1) is 22.7 Å². The van der Waals surface area contributed by atoms with E-state index < -0.39 is 0 Å². The molecule has 0 saturated carbocycles. The molecule has 1 aliphatic rings.